The van der Waals surface area contributed by atoms with E-state index < -0.39 is 0 Å². The van der Waals surface area contributed by atoms with E-state index in [4.69, 9.17) is 0 Å². The number of nitrogens with zero attached hydrogens (tertiary/aromatic N) is 2. The van der Waals surface area contributed by atoms with Crippen LogP contribution < -0.4 is 0 Å². The molecule has 0 aromatic heterocycles. The fraction of sp³-hybridized carbons (Fsp3) is 0.619. The number of benzene rings is 1. The van der Waals surface area contributed by atoms with Gasteiger partial charge in [0.05, 0.1) is 0 Å². The van der Waals surface area contributed by atoms with E-state index in [-0.39, 0.29) is 29.6 Å². The van der Waals surface area contributed by atoms with E-state index in [1.165, 1.54) is 24.3 Å². The van der Waals surface area contributed by atoms with Crippen molar-refractivity contribution < 1.29 is 14.0 Å². The third-order valence-corrected chi connectivity index (χ3v) is 5.13. The zero-order valence-electron chi connectivity index (χ0n) is 16.2. The van der Waals surface area contributed by atoms with Crippen molar-refractivity contribution in [3.8, 4) is 0 Å². The average Bonchev–Trinajstić information content (AvgIpc) is 2.65. The summed E-state index contributed by atoms with van der Waals surface area (Å²) in [4.78, 5) is 29.2. The summed E-state index contributed by atoms with van der Waals surface area (Å²) in [6.45, 7) is 8.27. The van der Waals surface area contributed by atoms with Crippen LogP contribution in [-0.4, -0.2) is 47.3 Å². The minimum Gasteiger partial charge on any atom is -0.340 e. The first-order chi connectivity index (χ1) is 12.4. The molecule has 2 rings (SSSR count). The second-order valence-corrected chi connectivity index (χ2v) is 7.41. The summed E-state index contributed by atoms with van der Waals surface area (Å²) in [5, 5.41) is 0. The Balaban J connectivity index is 1.90. The third kappa shape index (κ3) is 5.29. The molecule has 1 aliphatic rings. The zero-order valence-corrected chi connectivity index (χ0v) is 16.2. The molecular weight excluding hydrogens is 331 g/mol. The summed E-state index contributed by atoms with van der Waals surface area (Å²) < 4.78 is 13.0. The van der Waals surface area contributed by atoms with Crippen LogP contribution in [0.2, 0.25) is 0 Å². The van der Waals surface area contributed by atoms with Crippen LogP contribution in [-0.2, 0) is 4.79 Å². The van der Waals surface area contributed by atoms with Gasteiger partial charge in [-0.15, -0.1) is 0 Å². The molecule has 1 saturated heterocycles. The quantitative estimate of drug-likeness (QED) is 0.685. The van der Waals surface area contributed by atoms with Crippen molar-refractivity contribution in [3.05, 3.63) is 35.6 Å². The molecule has 1 heterocycles. The molecule has 0 bridgehead atoms. The maximum Gasteiger partial charge on any atom is 0.253 e. The fourth-order valence-electron chi connectivity index (χ4n) is 3.49. The van der Waals surface area contributed by atoms with Crippen LogP contribution in [0.3, 0.4) is 0 Å². The molecule has 4 nitrogen and oxygen atoms in total. The average molecular weight is 362 g/mol. The fourth-order valence-corrected chi connectivity index (χ4v) is 3.49. The largest absolute Gasteiger partial charge is 0.340 e. The van der Waals surface area contributed by atoms with E-state index in [1.54, 1.807) is 4.90 Å². The minimum atomic E-state index is -0.345. The molecule has 0 saturated carbocycles. The van der Waals surface area contributed by atoms with Crippen LogP contribution in [0.15, 0.2) is 24.3 Å². The predicted molar refractivity (Wildman–Crippen MR) is 101 cm³/mol. The second-order valence-electron chi connectivity index (χ2n) is 7.41. The molecule has 1 fully saturated rings. The lowest BCUT2D eigenvalue weighted by atomic mass is 9.94. The maximum atomic E-state index is 13.0. The van der Waals surface area contributed by atoms with Crippen molar-refractivity contribution >= 4 is 11.8 Å². The molecule has 26 heavy (non-hydrogen) atoms. The van der Waals surface area contributed by atoms with Crippen molar-refractivity contribution in [2.75, 3.05) is 19.6 Å². The molecule has 144 valence electrons. The van der Waals surface area contributed by atoms with Gasteiger partial charge in [0.15, 0.2) is 0 Å². The number of piperidine rings is 1. The second kappa shape index (κ2) is 9.70. The monoisotopic (exact) mass is 362 g/mol. The molecular formula is C21H31FN2O2. The zero-order chi connectivity index (χ0) is 19.1. The van der Waals surface area contributed by atoms with Gasteiger partial charge in [-0.1, -0.05) is 19.8 Å². The molecule has 1 aromatic rings. The summed E-state index contributed by atoms with van der Waals surface area (Å²) in [6.07, 6.45) is 4.72. The van der Waals surface area contributed by atoms with Crippen molar-refractivity contribution in [3.63, 3.8) is 0 Å². The van der Waals surface area contributed by atoms with Crippen molar-refractivity contribution in [2.45, 2.75) is 58.9 Å². The molecule has 1 aliphatic heterocycles. The van der Waals surface area contributed by atoms with Gasteiger partial charge in [0.1, 0.15) is 5.82 Å². The predicted octanol–water partition coefficient (Wildman–Crippen LogP) is 4.11. The molecule has 2 amide bonds. The first-order valence-corrected chi connectivity index (χ1v) is 9.79. The standard InChI is InChI=1S/C21H31FN2O2/c1-4-5-6-13-24(16(2)3)21(26)18-11-14-23(15-12-18)20(25)17-7-9-19(22)10-8-17/h7-10,16,18H,4-6,11-15H2,1-3H3. The van der Waals surface area contributed by atoms with Gasteiger partial charge < -0.3 is 9.80 Å². The van der Waals surface area contributed by atoms with Crippen LogP contribution in [0.1, 0.15) is 63.2 Å². The smallest absolute Gasteiger partial charge is 0.253 e. The maximum absolute atomic E-state index is 13.0. The van der Waals surface area contributed by atoms with Gasteiger partial charge in [-0.05, 0) is 57.4 Å². The SMILES string of the molecule is CCCCCN(C(=O)C1CCN(C(=O)c2ccc(F)cc2)CC1)C(C)C. The summed E-state index contributed by atoms with van der Waals surface area (Å²) in [7, 11) is 0. The lowest BCUT2D eigenvalue weighted by Crippen LogP contribution is -2.46. The number of halogens is 1. The van der Waals surface area contributed by atoms with Crippen LogP contribution in [0.4, 0.5) is 4.39 Å². The van der Waals surface area contributed by atoms with E-state index in [9.17, 15) is 14.0 Å². The first-order valence-electron chi connectivity index (χ1n) is 9.79. The van der Waals surface area contributed by atoms with Crippen LogP contribution in [0.25, 0.3) is 0 Å². The third-order valence-electron chi connectivity index (χ3n) is 5.13. The minimum absolute atomic E-state index is 0.00343. The Morgan fingerprint density at radius 2 is 1.77 bits per heavy atom. The van der Waals surface area contributed by atoms with E-state index in [0.29, 0.717) is 31.5 Å². The summed E-state index contributed by atoms with van der Waals surface area (Å²) >= 11 is 0. The number of carbonyl (C=O) groups excluding carboxylic acids is 2. The number of hydrogen-bond donors (Lipinski definition) is 0. The Morgan fingerprint density at radius 1 is 1.15 bits per heavy atom. The van der Waals surface area contributed by atoms with Crippen molar-refractivity contribution in [1.82, 2.24) is 9.80 Å². The van der Waals surface area contributed by atoms with E-state index in [0.717, 1.165) is 25.8 Å². The summed E-state index contributed by atoms with van der Waals surface area (Å²) in [5.41, 5.74) is 0.500. The highest BCUT2D eigenvalue weighted by Gasteiger charge is 2.31. The topological polar surface area (TPSA) is 40.6 Å². The van der Waals surface area contributed by atoms with Gasteiger partial charge in [0.25, 0.3) is 5.91 Å². The molecule has 5 heteroatoms. The molecule has 0 atom stereocenters. The highest BCUT2D eigenvalue weighted by molar-refractivity contribution is 5.94. The lowest BCUT2D eigenvalue weighted by Gasteiger charge is -2.36. The molecule has 1 aromatic carbocycles. The Hall–Kier alpha value is -1.91. The van der Waals surface area contributed by atoms with E-state index in [1.807, 2.05) is 4.90 Å². The van der Waals surface area contributed by atoms with E-state index in [2.05, 4.69) is 20.8 Å². The number of unbranched alkanes of at least 4 members (excludes halogenated alkanes) is 2. The summed E-state index contributed by atoms with van der Waals surface area (Å²) in [5.74, 6) is -0.205. The number of likely N-dealkylation sites (tertiary alicyclic amines) is 1. The van der Waals surface area contributed by atoms with Crippen molar-refractivity contribution in [2.24, 2.45) is 5.92 Å². The molecule has 0 unspecified atom stereocenters. The Morgan fingerprint density at radius 3 is 2.31 bits per heavy atom. The highest BCUT2D eigenvalue weighted by Crippen LogP contribution is 2.22. The number of hydrogen-bond acceptors (Lipinski definition) is 2. The van der Waals surface area contributed by atoms with Gasteiger partial charge in [0, 0.05) is 37.2 Å². The van der Waals surface area contributed by atoms with Crippen LogP contribution >= 0.6 is 0 Å². The number of amides is 2. The van der Waals surface area contributed by atoms with Gasteiger partial charge in [-0.3, -0.25) is 9.59 Å². The molecule has 0 aliphatic carbocycles. The Kier molecular flexibility index (Phi) is 7.61. The number of rotatable bonds is 7. The van der Waals surface area contributed by atoms with E-state index >= 15 is 0 Å². The first kappa shape index (κ1) is 20.4. The normalized spacial score (nSPS) is 15.3. The van der Waals surface area contributed by atoms with Crippen LogP contribution in [0, 0.1) is 11.7 Å². The highest BCUT2D eigenvalue weighted by atomic mass is 19.1. The number of carbonyl (C=O) groups is 2. The van der Waals surface area contributed by atoms with Gasteiger partial charge in [-0.25, -0.2) is 4.39 Å². The van der Waals surface area contributed by atoms with Crippen molar-refractivity contribution in [1.29, 1.82) is 0 Å². The molecule has 0 radical (unpaired) electrons. The summed E-state index contributed by atoms with van der Waals surface area (Å²) in [6, 6.07) is 5.85. The van der Waals surface area contributed by atoms with Gasteiger partial charge in [-0.2, -0.15) is 0 Å². The molecule has 0 spiro atoms. The lowest BCUT2D eigenvalue weighted by molar-refractivity contribution is -0.138. The van der Waals surface area contributed by atoms with Gasteiger partial charge >= 0.3 is 0 Å². The van der Waals surface area contributed by atoms with Gasteiger partial charge in [0.2, 0.25) is 5.91 Å². The Bertz CT molecular complexity index is 593. The Labute approximate surface area is 156 Å². The molecule has 0 N–H and O–H groups in total. The van der Waals surface area contributed by atoms with Crippen LogP contribution in [0.5, 0.6) is 0 Å².